The normalized spacial score (nSPS) is 10.3. The fraction of sp³-hybridized carbons (Fsp3) is 0.103. The number of nitrogens with zero attached hydrogens (tertiary/aromatic N) is 14. The molecule has 10 aromatic carbocycles. The number of rotatable bonds is 0. The van der Waals surface area contributed by atoms with Crippen LogP contribution in [-0.4, -0.2) is 69.8 Å². The second kappa shape index (κ2) is 43.6. The van der Waals surface area contributed by atoms with Gasteiger partial charge < -0.3 is 0 Å². The smallest absolute Gasteiger partial charge is 0.125 e. The van der Waals surface area contributed by atoms with Crippen LogP contribution in [0.3, 0.4) is 0 Å². The first-order valence-corrected chi connectivity index (χ1v) is 40.0. The zero-order valence-corrected chi connectivity index (χ0v) is 70.1. The van der Waals surface area contributed by atoms with Crippen LogP contribution < -0.4 is 0 Å². The Labute approximate surface area is 707 Å². The molecule has 12 aromatic heterocycles. The molecule has 0 atom stereocenters. The maximum atomic E-state index is 4.38. The molecule has 0 fully saturated rings. The van der Waals surface area contributed by atoms with Crippen molar-refractivity contribution in [1.29, 1.82) is 0 Å². The minimum Gasteiger partial charge on any atom is -0.264 e. The molecule has 0 aliphatic heterocycles. The zero-order chi connectivity index (χ0) is 84.5. The van der Waals surface area contributed by atoms with Crippen LogP contribution in [0.5, 0.6) is 0 Å². The lowest BCUT2D eigenvalue weighted by molar-refractivity contribution is 1.09. The first-order valence-electron chi connectivity index (χ1n) is 40.0. The van der Waals surface area contributed by atoms with Crippen LogP contribution in [0.4, 0.5) is 0 Å². The number of hydrogen-bond donors (Lipinski definition) is 0. The van der Waals surface area contributed by atoms with Crippen molar-refractivity contribution >= 4 is 120 Å². The van der Waals surface area contributed by atoms with E-state index in [0.717, 1.165) is 89.3 Å². The highest BCUT2D eigenvalue weighted by atomic mass is 14.9. The van der Waals surface area contributed by atoms with Crippen LogP contribution in [0.1, 0.15) is 62.1 Å². The molecule has 0 aliphatic carbocycles. The van der Waals surface area contributed by atoms with E-state index >= 15 is 0 Å². The van der Waals surface area contributed by atoms with Crippen molar-refractivity contribution in [3.05, 3.63) is 446 Å². The number of fused-ring (bicyclic) bond motifs is 11. The lowest BCUT2D eigenvalue weighted by Crippen LogP contribution is -1.86. The number of hydrogen-bond acceptors (Lipinski definition) is 14. The molecule has 0 radical (unpaired) electrons. The lowest BCUT2D eigenvalue weighted by atomic mass is 10.1. The molecule has 0 bridgehead atoms. The van der Waals surface area contributed by atoms with Crippen molar-refractivity contribution < 1.29 is 0 Å². The molecule has 22 rings (SSSR count). The van der Waals surface area contributed by atoms with Crippen molar-refractivity contribution in [2.45, 2.75) is 76.2 Å². The van der Waals surface area contributed by atoms with E-state index in [9.17, 15) is 0 Å². The Kier molecular flexibility index (Phi) is 30.7. The van der Waals surface area contributed by atoms with Crippen LogP contribution in [0, 0.1) is 76.2 Å². The molecule has 14 heteroatoms. The second-order valence-electron chi connectivity index (χ2n) is 29.0. The predicted molar refractivity (Wildman–Crippen MR) is 505 cm³/mol. The van der Waals surface area contributed by atoms with Gasteiger partial charge in [-0.1, -0.05) is 199 Å². The van der Waals surface area contributed by atoms with Gasteiger partial charge in [0, 0.05) is 146 Å². The van der Waals surface area contributed by atoms with Crippen molar-refractivity contribution in [3.8, 4) is 0 Å². The van der Waals surface area contributed by atoms with Crippen molar-refractivity contribution in [1.82, 2.24) is 69.8 Å². The summed E-state index contributed by atoms with van der Waals surface area (Å²) in [5.41, 5.74) is 20.7. The average molecular weight is 1580 g/mol. The molecule has 594 valence electrons. The highest BCUT2D eigenvalue weighted by molar-refractivity contribution is 5.87. The summed E-state index contributed by atoms with van der Waals surface area (Å²) >= 11 is 0. The minimum atomic E-state index is 0.823. The molecule has 0 N–H and O–H groups in total. The summed E-state index contributed by atoms with van der Waals surface area (Å²) in [6.07, 6.45) is 22.1. The van der Waals surface area contributed by atoms with Gasteiger partial charge in [0.2, 0.25) is 0 Å². The Morgan fingerprint density at radius 3 is 1.29 bits per heavy atom. The van der Waals surface area contributed by atoms with E-state index in [0.29, 0.717) is 0 Å². The van der Waals surface area contributed by atoms with Crippen LogP contribution >= 0.6 is 0 Å². The van der Waals surface area contributed by atoms with Crippen molar-refractivity contribution in [2.75, 3.05) is 0 Å². The molecular formula is C107H96N14. The molecule has 14 nitrogen and oxygen atoms in total. The Morgan fingerprint density at radius 1 is 0.165 bits per heavy atom. The SMILES string of the molecule is Cc1cc2ccccc2cn1.Cc1ccc2ccccc2n1.Cc1ccc2cccnc2c1.Cc1ccc2ccncc2c1.Cc1ccc2cnccc2c1.Cc1ccc2ncccc2c1.Cc1ccc2ncccc2n1.Cc1cnc2ccccc2c1.Cc1cnc2ccccc2n1.Cc1ncc2ccccc2n1.Cc1nccc2ccccc12. The molecule has 0 spiro atoms. The van der Waals surface area contributed by atoms with Crippen molar-refractivity contribution in [3.63, 3.8) is 0 Å². The molecule has 22 aromatic rings. The first-order chi connectivity index (χ1) is 59.0. The number of benzene rings is 10. The Hall–Kier alpha value is -15.3. The lowest BCUT2D eigenvalue weighted by Gasteiger charge is -1.97. The van der Waals surface area contributed by atoms with Gasteiger partial charge >= 0.3 is 0 Å². The fourth-order valence-corrected chi connectivity index (χ4v) is 12.8. The van der Waals surface area contributed by atoms with Gasteiger partial charge in [0.05, 0.1) is 55.3 Å². The molecule has 0 aliphatic rings. The van der Waals surface area contributed by atoms with Gasteiger partial charge in [-0.25, -0.2) is 15.0 Å². The van der Waals surface area contributed by atoms with Gasteiger partial charge in [-0.15, -0.1) is 0 Å². The maximum absolute atomic E-state index is 4.38. The monoisotopic (exact) mass is 1580 g/mol. The Bertz CT molecular complexity index is 5820. The summed E-state index contributed by atoms with van der Waals surface area (Å²) < 4.78 is 0. The van der Waals surface area contributed by atoms with E-state index in [1.807, 2.05) is 279 Å². The Balaban J connectivity index is 0.000000122. The van der Waals surface area contributed by atoms with Crippen LogP contribution in [0.2, 0.25) is 0 Å². The number of para-hydroxylation sites is 5. The topological polar surface area (TPSA) is 180 Å². The third-order valence-corrected chi connectivity index (χ3v) is 19.0. The molecule has 0 amide bonds. The van der Waals surface area contributed by atoms with Crippen LogP contribution in [-0.2, 0) is 0 Å². The molecular weight excluding hydrogens is 1480 g/mol. The van der Waals surface area contributed by atoms with Crippen LogP contribution in [0.15, 0.2) is 384 Å². The zero-order valence-electron chi connectivity index (χ0n) is 70.1. The number of aromatic nitrogens is 14. The van der Waals surface area contributed by atoms with E-state index in [2.05, 4.69) is 238 Å². The molecule has 121 heavy (non-hydrogen) atoms. The van der Waals surface area contributed by atoms with Gasteiger partial charge in [-0.05, 0) is 236 Å². The first kappa shape index (κ1) is 85.1. The summed E-state index contributed by atoms with van der Waals surface area (Å²) in [6.45, 7) is 22.3. The summed E-state index contributed by atoms with van der Waals surface area (Å²) in [5.74, 6) is 0.823. The molecule has 0 unspecified atom stereocenters. The van der Waals surface area contributed by atoms with Gasteiger partial charge in [0.1, 0.15) is 5.82 Å². The highest BCUT2D eigenvalue weighted by Crippen LogP contribution is 2.21. The van der Waals surface area contributed by atoms with E-state index in [4.69, 9.17) is 0 Å². The third kappa shape index (κ3) is 26.1. The van der Waals surface area contributed by atoms with Gasteiger partial charge in [-0.2, -0.15) is 0 Å². The summed E-state index contributed by atoms with van der Waals surface area (Å²) in [7, 11) is 0. The van der Waals surface area contributed by atoms with E-state index in [1.54, 1.807) is 12.4 Å². The summed E-state index contributed by atoms with van der Waals surface area (Å²) in [6, 6.07) is 104. The Morgan fingerprint density at radius 2 is 0.570 bits per heavy atom. The van der Waals surface area contributed by atoms with Crippen molar-refractivity contribution in [2.24, 2.45) is 0 Å². The standard InChI is InChI=1S/8C10H9N.3C9H8N2/c1-8-2-3-10-7-11-5-4-9(10)6-8;1-8-2-3-9-4-5-11-7-10(9)6-8;1-8-4-5-10-9(7-8)3-2-6-11-10;1-8-4-5-9-3-2-6-11-10(9)7-8;1-8-6-9-4-2-3-5-10(9)7-11-8;1-8-6-9-4-2-3-5-10(9)11-7-8;1-8-10-5-3-2-4-9(10)6-7-11-8;1-8-6-7-9-4-2-3-5-10(9)11-8;1-7-4-5-8-9(11-7)3-2-6-10-8;1-7-10-6-8-4-2-3-5-9(8)11-7;1-7-6-10-8-4-2-3-5-9(8)11-7/h8*2-7H,1H3;3*2-6H,1H3. The fourth-order valence-electron chi connectivity index (χ4n) is 12.8. The van der Waals surface area contributed by atoms with E-state index < -0.39 is 0 Å². The summed E-state index contributed by atoms with van der Waals surface area (Å²) in [5, 5.41) is 15.9. The average Bonchev–Trinajstić information content (AvgIpc) is 0.828. The molecule has 12 heterocycles. The van der Waals surface area contributed by atoms with Crippen LogP contribution in [0.25, 0.3) is 120 Å². The molecule has 0 saturated carbocycles. The van der Waals surface area contributed by atoms with Gasteiger partial charge in [0.15, 0.2) is 0 Å². The second-order valence-corrected chi connectivity index (χ2v) is 29.0. The highest BCUT2D eigenvalue weighted by Gasteiger charge is 2.01. The number of aryl methyl sites for hydroxylation is 11. The summed E-state index contributed by atoms with van der Waals surface area (Å²) in [4.78, 5) is 59.0. The quantitative estimate of drug-likeness (QED) is 0.140. The van der Waals surface area contributed by atoms with E-state index in [1.165, 1.54) is 92.5 Å². The maximum Gasteiger partial charge on any atom is 0.125 e. The third-order valence-electron chi connectivity index (χ3n) is 19.0. The predicted octanol–water partition coefficient (Wildman–Crippen LogP) is 26.2. The number of pyridine rings is 10. The largest absolute Gasteiger partial charge is 0.264 e. The minimum absolute atomic E-state index is 0.823. The van der Waals surface area contributed by atoms with Gasteiger partial charge in [-0.3, -0.25) is 54.8 Å². The molecule has 0 saturated heterocycles. The van der Waals surface area contributed by atoms with E-state index in [-0.39, 0.29) is 0 Å². The van der Waals surface area contributed by atoms with Gasteiger partial charge in [0.25, 0.3) is 0 Å².